The number of hydrogen-bond donors (Lipinski definition) is 1. The Bertz CT molecular complexity index is 568. The molecule has 1 aromatic carbocycles. The fourth-order valence-corrected chi connectivity index (χ4v) is 1.51. The fraction of sp³-hybridized carbons (Fsp3) is 0.333. The van der Waals surface area contributed by atoms with Crippen molar-refractivity contribution >= 4 is 11.6 Å². The fourth-order valence-electron chi connectivity index (χ4n) is 1.51. The first-order valence-corrected chi connectivity index (χ1v) is 5.79. The quantitative estimate of drug-likeness (QED) is 0.885. The molecule has 0 saturated carbocycles. The first kappa shape index (κ1) is 13.2. The number of benzene rings is 1. The molecule has 2 aromatic rings. The zero-order chi connectivity index (χ0) is 13.8. The zero-order valence-electron chi connectivity index (χ0n) is 11.0. The first-order valence-electron chi connectivity index (χ1n) is 5.79. The predicted molar refractivity (Wildman–Crippen MR) is 69.0 cm³/mol. The van der Waals surface area contributed by atoms with Gasteiger partial charge in [-0.15, -0.1) is 5.10 Å². The molecule has 1 heterocycles. The molecule has 0 aliphatic carbocycles. The summed E-state index contributed by atoms with van der Waals surface area (Å²) in [5.41, 5.74) is 2.44. The lowest BCUT2D eigenvalue weighted by Crippen LogP contribution is -2.26. The minimum atomic E-state index is -0.504. The average Bonchev–Trinajstić information content (AvgIpc) is 2.94. The Balaban J connectivity index is 2.25. The van der Waals surface area contributed by atoms with Crippen LogP contribution in [0.2, 0.25) is 0 Å². The minimum absolute atomic E-state index is 0.195. The molecule has 100 valence electrons. The number of amides is 1. The molecule has 0 aliphatic rings. The molecule has 0 spiro atoms. The molecule has 1 unspecified atom stereocenters. The van der Waals surface area contributed by atoms with Crippen LogP contribution < -0.4 is 5.32 Å². The van der Waals surface area contributed by atoms with Crippen molar-refractivity contribution in [3.8, 4) is 5.69 Å². The van der Waals surface area contributed by atoms with E-state index in [1.165, 1.54) is 18.1 Å². The van der Waals surface area contributed by atoms with Gasteiger partial charge in [-0.3, -0.25) is 4.79 Å². The number of nitrogens with zero attached hydrogens (tertiary/aromatic N) is 4. The standard InChI is InChI=1S/C12H15N5O2/c1-8-4-5-10(17-7-13-15-16-17)6-11(8)14-12(18)9(2)19-3/h4-7,9H,1-3H3,(H,14,18). The van der Waals surface area contributed by atoms with E-state index in [4.69, 9.17) is 4.74 Å². The van der Waals surface area contributed by atoms with Crippen molar-refractivity contribution in [3.05, 3.63) is 30.1 Å². The highest BCUT2D eigenvalue weighted by Crippen LogP contribution is 2.19. The van der Waals surface area contributed by atoms with Crippen LogP contribution >= 0.6 is 0 Å². The summed E-state index contributed by atoms with van der Waals surface area (Å²) in [4.78, 5) is 11.8. The number of methoxy groups -OCH3 is 1. The Morgan fingerprint density at radius 2 is 2.26 bits per heavy atom. The van der Waals surface area contributed by atoms with E-state index in [9.17, 15) is 4.79 Å². The van der Waals surface area contributed by atoms with Crippen LogP contribution in [0.5, 0.6) is 0 Å². The van der Waals surface area contributed by atoms with Crippen LogP contribution in [0.4, 0.5) is 5.69 Å². The van der Waals surface area contributed by atoms with Gasteiger partial charge < -0.3 is 10.1 Å². The molecule has 0 bridgehead atoms. The average molecular weight is 261 g/mol. The zero-order valence-corrected chi connectivity index (χ0v) is 11.0. The Hall–Kier alpha value is -2.28. The van der Waals surface area contributed by atoms with Gasteiger partial charge in [0, 0.05) is 12.8 Å². The van der Waals surface area contributed by atoms with Crippen LogP contribution in [0, 0.1) is 6.92 Å². The third-order valence-corrected chi connectivity index (χ3v) is 2.82. The van der Waals surface area contributed by atoms with Gasteiger partial charge in [-0.05, 0) is 42.0 Å². The lowest BCUT2D eigenvalue weighted by Gasteiger charge is -2.13. The third-order valence-electron chi connectivity index (χ3n) is 2.82. The molecule has 1 aromatic heterocycles. The maximum absolute atomic E-state index is 11.8. The number of anilines is 1. The SMILES string of the molecule is COC(C)C(=O)Nc1cc(-n2cnnn2)ccc1C. The molecule has 1 amide bonds. The number of tetrazole rings is 1. The molecule has 2 rings (SSSR count). The van der Waals surface area contributed by atoms with Gasteiger partial charge in [-0.25, -0.2) is 4.68 Å². The molecule has 0 fully saturated rings. The molecule has 1 N–H and O–H groups in total. The van der Waals surface area contributed by atoms with E-state index in [1.807, 2.05) is 25.1 Å². The number of hydrogen-bond acceptors (Lipinski definition) is 5. The highest BCUT2D eigenvalue weighted by Gasteiger charge is 2.13. The summed E-state index contributed by atoms with van der Waals surface area (Å²) in [6.07, 6.45) is 0.990. The van der Waals surface area contributed by atoms with Gasteiger partial charge in [0.2, 0.25) is 0 Å². The summed E-state index contributed by atoms with van der Waals surface area (Å²) in [5.74, 6) is -0.195. The predicted octanol–water partition coefficient (Wildman–Crippen LogP) is 0.944. The van der Waals surface area contributed by atoms with Crippen LogP contribution in [0.3, 0.4) is 0 Å². The van der Waals surface area contributed by atoms with Crippen LogP contribution in [0.15, 0.2) is 24.5 Å². The highest BCUT2D eigenvalue weighted by atomic mass is 16.5. The van der Waals surface area contributed by atoms with E-state index in [1.54, 1.807) is 6.92 Å². The van der Waals surface area contributed by atoms with Crippen molar-refractivity contribution in [2.24, 2.45) is 0 Å². The Morgan fingerprint density at radius 1 is 1.47 bits per heavy atom. The van der Waals surface area contributed by atoms with Crippen LogP contribution in [0.25, 0.3) is 5.69 Å². The number of aromatic nitrogens is 4. The number of rotatable bonds is 4. The van der Waals surface area contributed by atoms with Gasteiger partial charge in [-0.2, -0.15) is 0 Å². The largest absolute Gasteiger partial charge is 0.372 e. The number of nitrogens with one attached hydrogen (secondary N) is 1. The van der Waals surface area contributed by atoms with E-state index in [0.29, 0.717) is 5.69 Å². The van der Waals surface area contributed by atoms with Crippen LogP contribution in [0.1, 0.15) is 12.5 Å². The summed E-state index contributed by atoms with van der Waals surface area (Å²) in [5, 5.41) is 13.8. The second-order valence-electron chi connectivity index (χ2n) is 4.12. The lowest BCUT2D eigenvalue weighted by atomic mass is 10.1. The summed E-state index contributed by atoms with van der Waals surface area (Å²) in [7, 11) is 1.49. The Morgan fingerprint density at radius 3 is 2.89 bits per heavy atom. The normalized spacial score (nSPS) is 12.2. The van der Waals surface area contributed by atoms with Gasteiger partial charge in [0.25, 0.3) is 5.91 Å². The molecule has 1 atom stereocenters. The van der Waals surface area contributed by atoms with Crippen molar-refractivity contribution in [1.82, 2.24) is 20.2 Å². The van der Waals surface area contributed by atoms with E-state index in [2.05, 4.69) is 20.8 Å². The van der Waals surface area contributed by atoms with Crippen molar-refractivity contribution < 1.29 is 9.53 Å². The lowest BCUT2D eigenvalue weighted by molar-refractivity contribution is -0.124. The van der Waals surface area contributed by atoms with Gasteiger partial charge in [-0.1, -0.05) is 6.07 Å². The molecule has 7 nitrogen and oxygen atoms in total. The molecule has 0 saturated heterocycles. The number of aryl methyl sites for hydroxylation is 1. The van der Waals surface area contributed by atoms with Crippen LogP contribution in [-0.2, 0) is 9.53 Å². The maximum atomic E-state index is 11.8. The summed E-state index contributed by atoms with van der Waals surface area (Å²) in [6.45, 7) is 3.60. The van der Waals surface area contributed by atoms with E-state index in [-0.39, 0.29) is 5.91 Å². The van der Waals surface area contributed by atoms with E-state index in [0.717, 1.165) is 11.3 Å². The monoisotopic (exact) mass is 261 g/mol. The van der Waals surface area contributed by atoms with Crippen molar-refractivity contribution in [3.63, 3.8) is 0 Å². The van der Waals surface area contributed by atoms with Crippen molar-refractivity contribution in [2.75, 3.05) is 12.4 Å². The summed E-state index contributed by atoms with van der Waals surface area (Å²) < 4.78 is 6.50. The molecular formula is C12H15N5O2. The third kappa shape index (κ3) is 2.94. The topological polar surface area (TPSA) is 81.9 Å². The molecule has 0 radical (unpaired) electrons. The number of carbonyl (C=O) groups excluding carboxylic acids is 1. The smallest absolute Gasteiger partial charge is 0.253 e. The first-order chi connectivity index (χ1) is 9.11. The van der Waals surface area contributed by atoms with Crippen molar-refractivity contribution in [2.45, 2.75) is 20.0 Å². The van der Waals surface area contributed by atoms with Gasteiger partial charge >= 0.3 is 0 Å². The maximum Gasteiger partial charge on any atom is 0.253 e. The number of carbonyl (C=O) groups is 1. The molecule has 0 aliphatic heterocycles. The van der Waals surface area contributed by atoms with E-state index >= 15 is 0 Å². The van der Waals surface area contributed by atoms with Crippen molar-refractivity contribution in [1.29, 1.82) is 0 Å². The van der Waals surface area contributed by atoms with Gasteiger partial charge in [0.05, 0.1) is 5.69 Å². The second kappa shape index (κ2) is 5.57. The van der Waals surface area contributed by atoms with Gasteiger partial charge in [0.15, 0.2) is 0 Å². The highest BCUT2D eigenvalue weighted by molar-refractivity contribution is 5.94. The number of ether oxygens (including phenoxy) is 1. The summed E-state index contributed by atoms with van der Waals surface area (Å²) in [6, 6.07) is 5.58. The second-order valence-corrected chi connectivity index (χ2v) is 4.12. The Kier molecular flexibility index (Phi) is 3.86. The Labute approximate surface area is 110 Å². The molecule has 7 heteroatoms. The minimum Gasteiger partial charge on any atom is -0.372 e. The molecular weight excluding hydrogens is 246 g/mol. The van der Waals surface area contributed by atoms with Gasteiger partial charge in [0.1, 0.15) is 12.4 Å². The summed E-state index contributed by atoms with van der Waals surface area (Å²) >= 11 is 0. The van der Waals surface area contributed by atoms with E-state index < -0.39 is 6.10 Å². The molecule has 19 heavy (non-hydrogen) atoms. The van der Waals surface area contributed by atoms with Crippen LogP contribution in [-0.4, -0.2) is 39.3 Å².